The number of alkyl halides is 3. The van der Waals surface area contributed by atoms with Crippen LogP contribution in [0, 0.1) is 19.8 Å². The van der Waals surface area contributed by atoms with Crippen LogP contribution in [0.2, 0.25) is 0 Å². The third-order valence-electron chi connectivity index (χ3n) is 6.99. The van der Waals surface area contributed by atoms with Gasteiger partial charge in [-0.05, 0) is 83.7 Å². The zero-order valence-corrected chi connectivity index (χ0v) is 21.9. The Labute approximate surface area is 211 Å². The third-order valence-corrected chi connectivity index (χ3v) is 6.99. The first kappa shape index (κ1) is 27.6. The molecule has 2 heterocycles. The highest BCUT2D eigenvalue weighted by Gasteiger charge is 2.33. The average Bonchev–Trinajstić information content (AvgIpc) is 2.83. The Bertz CT molecular complexity index is 1110. The van der Waals surface area contributed by atoms with E-state index < -0.39 is 17.8 Å². The molecule has 0 saturated carbocycles. The Morgan fingerprint density at radius 1 is 1.14 bits per heavy atom. The smallest absolute Gasteiger partial charge is 0.416 e. The highest BCUT2D eigenvalue weighted by Crippen LogP contribution is 2.35. The summed E-state index contributed by atoms with van der Waals surface area (Å²) in [5.74, 6) is 1.65. The van der Waals surface area contributed by atoms with Gasteiger partial charge < -0.3 is 15.0 Å². The number of ether oxygens (including phenoxy) is 1. The number of hydrogen-bond acceptors (Lipinski definition) is 6. The summed E-state index contributed by atoms with van der Waals surface area (Å²) >= 11 is 0. The molecule has 0 radical (unpaired) electrons. The minimum absolute atomic E-state index is 0.191. The van der Waals surface area contributed by atoms with Crippen LogP contribution in [0.3, 0.4) is 0 Å². The zero-order chi connectivity index (χ0) is 26.6. The lowest BCUT2D eigenvalue weighted by molar-refractivity contribution is -0.138. The second-order valence-corrected chi connectivity index (χ2v) is 9.60. The van der Waals surface area contributed by atoms with E-state index in [4.69, 9.17) is 4.74 Å². The molecular weight excluding hydrogens is 467 g/mol. The number of nitrogens with zero attached hydrogens (tertiary/aromatic N) is 4. The molecule has 3 rings (SSSR count). The predicted octanol–water partition coefficient (Wildman–Crippen LogP) is 6.64. The van der Waals surface area contributed by atoms with Gasteiger partial charge in [-0.15, -0.1) is 0 Å². The molecule has 1 aromatic heterocycles. The number of piperidine rings is 1. The molecule has 0 unspecified atom stereocenters. The summed E-state index contributed by atoms with van der Waals surface area (Å²) in [7, 11) is 1.57. The molecule has 1 fully saturated rings. The van der Waals surface area contributed by atoms with E-state index in [9.17, 15) is 13.2 Å². The van der Waals surface area contributed by atoms with Crippen molar-refractivity contribution < 1.29 is 17.9 Å². The number of nitrogens with one attached hydrogen (secondary N) is 1. The van der Waals surface area contributed by atoms with Crippen LogP contribution < -0.4 is 5.32 Å². The van der Waals surface area contributed by atoms with E-state index >= 15 is 0 Å². The first-order chi connectivity index (χ1) is 16.9. The number of likely N-dealkylation sites (tertiary alicyclic amines) is 1. The molecule has 1 saturated heterocycles. The van der Waals surface area contributed by atoms with E-state index in [-0.39, 0.29) is 11.5 Å². The lowest BCUT2D eigenvalue weighted by Gasteiger charge is -2.35. The molecule has 2 aromatic rings. The maximum Gasteiger partial charge on any atom is 0.416 e. The van der Waals surface area contributed by atoms with Gasteiger partial charge in [-0.1, -0.05) is 18.7 Å². The minimum Gasteiger partial charge on any atom is -0.481 e. The number of methoxy groups -OCH3 is 1. The van der Waals surface area contributed by atoms with E-state index in [1.165, 1.54) is 19.3 Å². The summed E-state index contributed by atoms with van der Waals surface area (Å²) in [4.78, 5) is 15.7. The Morgan fingerprint density at radius 3 is 2.39 bits per heavy atom. The zero-order valence-electron chi connectivity index (χ0n) is 21.9. The van der Waals surface area contributed by atoms with E-state index in [1.807, 2.05) is 6.92 Å². The largest absolute Gasteiger partial charge is 0.481 e. The van der Waals surface area contributed by atoms with Gasteiger partial charge in [0.15, 0.2) is 5.82 Å². The van der Waals surface area contributed by atoms with Gasteiger partial charge in [0.05, 0.1) is 18.7 Å². The Kier molecular flexibility index (Phi) is 8.76. The Hall–Kier alpha value is -2.94. The molecule has 0 aliphatic carbocycles. The van der Waals surface area contributed by atoms with Crippen LogP contribution >= 0.6 is 0 Å². The van der Waals surface area contributed by atoms with Crippen molar-refractivity contribution in [3.05, 3.63) is 58.9 Å². The van der Waals surface area contributed by atoms with Crippen molar-refractivity contribution in [2.45, 2.75) is 65.7 Å². The lowest BCUT2D eigenvalue weighted by atomic mass is 9.89. The van der Waals surface area contributed by atoms with Crippen molar-refractivity contribution >= 4 is 17.5 Å². The molecule has 1 aliphatic heterocycles. The van der Waals surface area contributed by atoms with Gasteiger partial charge in [0.25, 0.3) is 0 Å². The number of aliphatic imine (C=N–C) groups is 1. The number of aromatic nitrogens is 2. The van der Waals surface area contributed by atoms with Crippen LogP contribution in [0.4, 0.5) is 24.8 Å². The summed E-state index contributed by atoms with van der Waals surface area (Å²) in [5.41, 5.74) is 1.62. The van der Waals surface area contributed by atoms with Crippen LogP contribution in [0.1, 0.15) is 61.9 Å². The Balaban J connectivity index is 1.81. The van der Waals surface area contributed by atoms with Gasteiger partial charge in [0.2, 0.25) is 5.90 Å². The summed E-state index contributed by atoms with van der Waals surface area (Å²) in [6.45, 7) is 15.8. The van der Waals surface area contributed by atoms with Gasteiger partial charge in [-0.3, -0.25) is 0 Å². The maximum atomic E-state index is 13.4. The highest BCUT2D eigenvalue weighted by molar-refractivity contribution is 5.95. The molecule has 1 aliphatic rings. The standard InChI is InChI=1S/C27H36F3N5O/c1-16(2)35-13-11-21(12-14-35)17(3)26(36-7)34-25-19(5)24(31-15-32-25)33-20(6)22-9-8-10-23(18(22)4)27(28,29)30/h8-10,15-16,20-21H,3,11-14H2,1-2,4-7H3,(H,31,32,33)/t20-/m1/s1. The molecule has 0 amide bonds. The molecular formula is C27H36F3N5O. The maximum absolute atomic E-state index is 13.4. The van der Waals surface area contributed by atoms with E-state index in [0.717, 1.165) is 37.6 Å². The van der Waals surface area contributed by atoms with Gasteiger partial charge >= 0.3 is 6.18 Å². The molecule has 36 heavy (non-hydrogen) atoms. The molecule has 1 atom stereocenters. The summed E-state index contributed by atoms with van der Waals surface area (Å²) < 4.78 is 45.7. The van der Waals surface area contributed by atoms with Crippen molar-refractivity contribution in [2.24, 2.45) is 10.9 Å². The summed E-state index contributed by atoms with van der Waals surface area (Å²) in [6.07, 6.45) is -1.04. The molecule has 0 bridgehead atoms. The normalized spacial score (nSPS) is 16.8. The van der Waals surface area contributed by atoms with Gasteiger partial charge in [-0.2, -0.15) is 18.2 Å². The third kappa shape index (κ3) is 6.24. The van der Waals surface area contributed by atoms with Crippen molar-refractivity contribution in [1.29, 1.82) is 0 Å². The average molecular weight is 504 g/mol. The second kappa shape index (κ2) is 11.4. The predicted molar refractivity (Wildman–Crippen MR) is 138 cm³/mol. The number of hydrogen-bond donors (Lipinski definition) is 1. The first-order valence-electron chi connectivity index (χ1n) is 12.2. The fourth-order valence-corrected chi connectivity index (χ4v) is 4.70. The molecule has 0 spiro atoms. The first-order valence-corrected chi connectivity index (χ1v) is 12.2. The Morgan fingerprint density at radius 2 is 1.81 bits per heavy atom. The van der Waals surface area contributed by atoms with Gasteiger partial charge in [0, 0.05) is 17.2 Å². The summed E-state index contributed by atoms with van der Waals surface area (Å²) in [5, 5.41) is 3.23. The molecule has 6 nitrogen and oxygen atoms in total. The highest BCUT2D eigenvalue weighted by atomic mass is 19.4. The molecule has 1 aromatic carbocycles. The fourth-order valence-electron chi connectivity index (χ4n) is 4.70. The van der Waals surface area contributed by atoms with E-state index in [2.05, 4.69) is 45.6 Å². The monoisotopic (exact) mass is 503 g/mol. The van der Waals surface area contributed by atoms with Crippen molar-refractivity contribution in [2.75, 3.05) is 25.5 Å². The number of rotatable bonds is 7. The second-order valence-electron chi connectivity index (χ2n) is 9.60. The number of benzene rings is 1. The van der Waals surface area contributed by atoms with Crippen molar-refractivity contribution in [3.63, 3.8) is 0 Å². The fraction of sp³-hybridized carbons (Fsp3) is 0.519. The lowest BCUT2D eigenvalue weighted by Crippen LogP contribution is -2.39. The van der Waals surface area contributed by atoms with E-state index in [1.54, 1.807) is 20.1 Å². The molecule has 9 heteroatoms. The van der Waals surface area contributed by atoms with Crippen molar-refractivity contribution in [1.82, 2.24) is 14.9 Å². The van der Waals surface area contributed by atoms with Crippen molar-refractivity contribution in [3.8, 4) is 0 Å². The van der Waals surface area contributed by atoms with E-state index in [0.29, 0.717) is 34.7 Å². The SMILES string of the molecule is C=C(C(=Nc1ncnc(N[C@H](C)c2cccc(C(F)(F)F)c2C)c1C)OC)C1CCN(C(C)C)CC1. The van der Waals surface area contributed by atoms with Crippen LogP contribution in [-0.4, -0.2) is 47.0 Å². The van der Waals surface area contributed by atoms with Crippen LogP contribution in [0.15, 0.2) is 41.7 Å². The van der Waals surface area contributed by atoms with Gasteiger partial charge in [0.1, 0.15) is 12.1 Å². The van der Waals surface area contributed by atoms with Gasteiger partial charge in [-0.25, -0.2) is 9.97 Å². The quantitative estimate of drug-likeness (QED) is 0.339. The van der Waals surface area contributed by atoms with Crippen LogP contribution in [0.25, 0.3) is 0 Å². The minimum atomic E-state index is -4.41. The van der Waals surface area contributed by atoms with Crippen LogP contribution in [0.5, 0.6) is 0 Å². The topological polar surface area (TPSA) is 62.6 Å². The number of anilines is 1. The molecule has 196 valence electrons. The molecule has 1 N–H and O–H groups in total. The number of halogens is 3. The van der Waals surface area contributed by atoms with Crippen LogP contribution in [-0.2, 0) is 10.9 Å². The summed E-state index contributed by atoms with van der Waals surface area (Å²) in [6, 6.07) is 4.32.